The van der Waals surface area contributed by atoms with Gasteiger partial charge in [-0.2, -0.15) is 0 Å². The first-order chi connectivity index (χ1) is 10.7. The molecule has 1 aromatic heterocycles. The van der Waals surface area contributed by atoms with Crippen LogP contribution in [0.1, 0.15) is 30.9 Å². The summed E-state index contributed by atoms with van der Waals surface area (Å²) < 4.78 is 1.90. The summed E-state index contributed by atoms with van der Waals surface area (Å²) in [6.45, 7) is 3.61. The topological polar surface area (TPSA) is 51.0 Å². The molecule has 0 unspecified atom stereocenters. The lowest BCUT2D eigenvalue weighted by atomic mass is 9.83. The second-order valence-electron chi connectivity index (χ2n) is 6.47. The van der Waals surface area contributed by atoms with Crippen LogP contribution in [-0.2, 0) is 4.79 Å². The van der Waals surface area contributed by atoms with E-state index in [2.05, 4.69) is 41.5 Å². The third-order valence-electron chi connectivity index (χ3n) is 4.86. The third-order valence-corrected chi connectivity index (χ3v) is 4.86. The van der Waals surface area contributed by atoms with E-state index in [0.29, 0.717) is 11.8 Å². The van der Waals surface area contributed by atoms with Crippen LogP contribution >= 0.6 is 0 Å². The van der Waals surface area contributed by atoms with Gasteiger partial charge in [-0.15, -0.1) is 5.10 Å². The highest BCUT2D eigenvalue weighted by molar-refractivity contribution is 5.80. The quantitative estimate of drug-likeness (QED) is 0.874. The van der Waals surface area contributed by atoms with Crippen molar-refractivity contribution in [2.24, 2.45) is 5.92 Å². The summed E-state index contributed by atoms with van der Waals surface area (Å²) in [4.78, 5) is 14.1. The molecule has 2 fully saturated rings. The zero-order chi connectivity index (χ0) is 15.1. The average molecular weight is 296 g/mol. The second kappa shape index (κ2) is 5.23. The fourth-order valence-corrected chi connectivity index (χ4v) is 3.03. The Hall–Kier alpha value is -2.17. The summed E-state index contributed by atoms with van der Waals surface area (Å²) in [6, 6.07) is 8.57. The first-order valence-electron chi connectivity index (χ1n) is 7.98. The van der Waals surface area contributed by atoms with Gasteiger partial charge < -0.3 is 4.90 Å². The van der Waals surface area contributed by atoms with Gasteiger partial charge in [0.1, 0.15) is 5.69 Å². The normalized spacial score (nSPS) is 18.9. The van der Waals surface area contributed by atoms with E-state index in [1.807, 2.05) is 15.8 Å². The van der Waals surface area contributed by atoms with Gasteiger partial charge in [-0.3, -0.25) is 4.79 Å². The predicted molar refractivity (Wildman–Crippen MR) is 83.2 cm³/mol. The maximum atomic E-state index is 12.1. The summed E-state index contributed by atoms with van der Waals surface area (Å²) >= 11 is 0. The number of benzene rings is 1. The minimum absolute atomic E-state index is 0.274. The second-order valence-corrected chi connectivity index (χ2v) is 6.47. The van der Waals surface area contributed by atoms with E-state index in [4.69, 9.17) is 0 Å². The van der Waals surface area contributed by atoms with Crippen molar-refractivity contribution in [2.45, 2.75) is 32.2 Å². The van der Waals surface area contributed by atoms with Crippen LogP contribution in [0.25, 0.3) is 11.3 Å². The maximum absolute atomic E-state index is 12.1. The summed E-state index contributed by atoms with van der Waals surface area (Å²) in [6.07, 6.45) is 5.33. The molecule has 2 heterocycles. The van der Waals surface area contributed by atoms with E-state index in [9.17, 15) is 4.79 Å². The van der Waals surface area contributed by atoms with Crippen LogP contribution in [0.15, 0.2) is 30.5 Å². The molecule has 0 radical (unpaired) electrons. The largest absolute Gasteiger partial charge is 0.338 e. The number of hydrogen-bond acceptors (Lipinski definition) is 3. The van der Waals surface area contributed by atoms with Gasteiger partial charge in [0.2, 0.25) is 5.91 Å². The zero-order valence-electron chi connectivity index (χ0n) is 12.8. The van der Waals surface area contributed by atoms with Gasteiger partial charge in [0, 0.05) is 24.6 Å². The van der Waals surface area contributed by atoms with Gasteiger partial charge in [-0.05, 0) is 19.8 Å². The van der Waals surface area contributed by atoms with Crippen molar-refractivity contribution < 1.29 is 4.79 Å². The lowest BCUT2D eigenvalue weighted by Crippen LogP contribution is -2.53. The molecule has 0 N–H and O–H groups in total. The first-order valence-corrected chi connectivity index (χ1v) is 7.98. The molecule has 4 rings (SSSR count). The predicted octanol–water partition coefficient (Wildman–Crippen LogP) is 2.44. The van der Waals surface area contributed by atoms with Gasteiger partial charge in [-0.25, -0.2) is 4.68 Å². The summed E-state index contributed by atoms with van der Waals surface area (Å²) in [5.41, 5.74) is 3.21. The molecule has 2 aliphatic rings. The molecule has 0 bridgehead atoms. The standard InChI is InChI=1S/C17H20N4O/c1-12-5-7-13(8-6-12)16-11-21(19-18-16)15-9-20(10-15)17(22)14-3-2-4-14/h5-8,11,14-15H,2-4,9-10H2,1H3. The van der Waals surface area contributed by atoms with Crippen LogP contribution in [0.2, 0.25) is 0 Å². The van der Waals surface area contributed by atoms with Crippen LogP contribution in [0.3, 0.4) is 0 Å². The maximum Gasteiger partial charge on any atom is 0.225 e. The minimum Gasteiger partial charge on any atom is -0.338 e. The summed E-state index contributed by atoms with van der Waals surface area (Å²) in [5, 5.41) is 8.50. The van der Waals surface area contributed by atoms with Gasteiger partial charge in [-0.1, -0.05) is 41.5 Å². The minimum atomic E-state index is 0.274. The molecular formula is C17H20N4O. The molecule has 5 nitrogen and oxygen atoms in total. The van der Waals surface area contributed by atoms with E-state index in [1.54, 1.807) is 0 Å². The Morgan fingerprint density at radius 2 is 1.91 bits per heavy atom. The lowest BCUT2D eigenvalue weighted by Gasteiger charge is -2.42. The van der Waals surface area contributed by atoms with Crippen LogP contribution in [0.4, 0.5) is 0 Å². The van der Waals surface area contributed by atoms with Crippen molar-refractivity contribution in [1.29, 1.82) is 0 Å². The smallest absolute Gasteiger partial charge is 0.225 e. The van der Waals surface area contributed by atoms with E-state index in [-0.39, 0.29) is 6.04 Å². The monoisotopic (exact) mass is 296 g/mol. The van der Waals surface area contributed by atoms with Crippen molar-refractivity contribution in [3.05, 3.63) is 36.0 Å². The Labute approximate surface area is 129 Å². The number of carbonyl (C=O) groups is 1. The third kappa shape index (κ3) is 2.30. The molecule has 1 amide bonds. The van der Waals surface area contributed by atoms with E-state index in [0.717, 1.165) is 37.2 Å². The lowest BCUT2D eigenvalue weighted by molar-refractivity contribution is -0.144. The van der Waals surface area contributed by atoms with Crippen molar-refractivity contribution >= 4 is 5.91 Å². The van der Waals surface area contributed by atoms with E-state index >= 15 is 0 Å². The number of aryl methyl sites for hydroxylation is 1. The molecule has 1 aromatic carbocycles. The molecule has 1 aliphatic heterocycles. The SMILES string of the molecule is Cc1ccc(-c2cn(C3CN(C(=O)C4CCC4)C3)nn2)cc1. The number of carbonyl (C=O) groups excluding carboxylic acids is 1. The Balaban J connectivity index is 1.40. The fourth-order valence-electron chi connectivity index (χ4n) is 3.03. The van der Waals surface area contributed by atoms with Crippen LogP contribution in [0, 0.1) is 12.8 Å². The highest BCUT2D eigenvalue weighted by Crippen LogP contribution is 2.32. The highest BCUT2D eigenvalue weighted by atomic mass is 16.2. The number of amides is 1. The van der Waals surface area contributed by atoms with Crippen LogP contribution in [0.5, 0.6) is 0 Å². The Kier molecular flexibility index (Phi) is 3.21. The first kappa shape index (κ1) is 13.5. The molecule has 22 heavy (non-hydrogen) atoms. The number of aromatic nitrogens is 3. The van der Waals surface area contributed by atoms with Crippen LogP contribution in [-0.4, -0.2) is 38.9 Å². The molecule has 1 saturated carbocycles. The van der Waals surface area contributed by atoms with E-state index in [1.165, 1.54) is 12.0 Å². The number of likely N-dealkylation sites (tertiary alicyclic amines) is 1. The van der Waals surface area contributed by atoms with Gasteiger partial charge in [0.15, 0.2) is 0 Å². The summed E-state index contributed by atoms with van der Waals surface area (Å²) in [5.74, 6) is 0.626. The molecule has 1 saturated heterocycles. The van der Waals surface area contributed by atoms with Crippen molar-refractivity contribution in [3.8, 4) is 11.3 Å². The molecular weight excluding hydrogens is 276 g/mol. The van der Waals surface area contributed by atoms with Crippen LogP contribution < -0.4 is 0 Å². The number of nitrogens with zero attached hydrogens (tertiary/aromatic N) is 4. The van der Waals surface area contributed by atoms with Crippen molar-refractivity contribution in [3.63, 3.8) is 0 Å². The molecule has 0 atom stereocenters. The zero-order valence-corrected chi connectivity index (χ0v) is 12.8. The number of rotatable bonds is 3. The highest BCUT2D eigenvalue weighted by Gasteiger charge is 2.37. The van der Waals surface area contributed by atoms with E-state index < -0.39 is 0 Å². The number of hydrogen-bond donors (Lipinski definition) is 0. The fraction of sp³-hybridized carbons (Fsp3) is 0.471. The Morgan fingerprint density at radius 1 is 1.18 bits per heavy atom. The van der Waals surface area contributed by atoms with Gasteiger partial charge in [0.05, 0.1) is 12.2 Å². The summed E-state index contributed by atoms with van der Waals surface area (Å²) in [7, 11) is 0. The molecule has 2 aromatic rings. The van der Waals surface area contributed by atoms with Crippen molar-refractivity contribution in [2.75, 3.05) is 13.1 Å². The average Bonchev–Trinajstić information content (AvgIpc) is 2.85. The van der Waals surface area contributed by atoms with Gasteiger partial charge >= 0.3 is 0 Å². The van der Waals surface area contributed by atoms with Crippen molar-refractivity contribution in [1.82, 2.24) is 19.9 Å². The van der Waals surface area contributed by atoms with Gasteiger partial charge in [0.25, 0.3) is 0 Å². The molecule has 1 aliphatic carbocycles. The Morgan fingerprint density at radius 3 is 2.55 bits per heavy atom. The molecule has 114 valence electrons. The molecule has 0 spiro atoms. The molecule has 5 heteroatoms. The Bertz CT molecular complexity index is 681.